The van der Waals surface area contributed by atoms with E-state index in [1.54, 1.807) is 31.2 Å². The molecular weight excluding hydrogens is 374 g/mol. The van der Waals surface area contributed by atoms with E-state index in [9.17, 15) is 13.6 Å². The van der Waals surface area contributed by atoms with Crippen molar-refractivity contribution in [3.05, 3.63) is 76.9 Å². The molecule has 5 nitrogen and oxygen atoms in total. The summed E-state index contributed by atoms with van der Waals surface area (Å²) in [5.41, 5.74) is 3.00. The Morgan fingerprint density at radius 3 is 2.55 bits per heavy atom. The Labute approximate surface area is 167 Å². The molecule has 0 radical (unpaired) electrons. The van der Waals surface area contributed by atoms with E-state index in [0.29, 0.717) is 29.0 Å². The topological polar surface area (TPSA) is 59.7 Å². The van der Waals surface area contributed by atoms with Crippen LogP contribution >= 0.6 is 0 Å². The number of carbonyl (C=O) groups excluding carboxylic acids is 1. The van der Waals surface area contributed by atoms with Gasteiger partial charge < -0.3 is 4.90 Å². The van der Waals surface area contributed by atoms with Gasteiger partial charge in [0.1, 0.15) is 17.8 Å². The normalized spacial score (nSPS) is 21.3. The number of nitriles is 1. The van der Waals surface area contributed by atoms with Gasteiger partial charge in [0.15, 0.2) is 0 Å². The first-order chi connectivity index (χ1) is 13.9. The maximum atomic E-state index is 14.4. The fourth-order valence-corrected chi connectivity index (χ4v) is 3.89. The Morgan fingerprint density at radius 2 is 1.90 bits per heavy atom. The number of hydrazone groups is 1. The van der Waals surface area contributed by atoms with Crippen molar-refractivity contribution in [1.82, 2.24) is 9.91 Å². The minimum atomic E-state index is -0.630. The quantitative estimate of drug-likeness (QED) is 0.780. The largest absolute Gasteiger partial charge is 0.352 e. The van der Waals surface area contributed by atoms with Gasteiger partial charge in [-0.15, -0.1) is 0 Å². The lowest BCUT2D eigenvalue weighted by Gasteiger charge is -2.44. The van der Waals surface area contributed by atoms with E-state index in [2.05, 4.69) is 11.2 Å². The molecule has 0 fully saturated rings. The van der Waals surface area contributed by atoms with Crippen LogP contribution in [0, 0.1) is 23.0 Å². The summed E-state index contributed by atoms with van der Waals surface area (Å²) in [4.78, 5) is 14.6. The van der Waals surface area contributed by atoms with Gasteiger partial charge in [-0.05, 0) is 36.2 Å². The fourth-order valence-electron chi connectivity index (χ4n) is 3.89. The molecule has 29 heavy (non-hydrogen) atoms. The number of carbonyl (C=O) groups is 1. The Bertz CT molecular complexity index is 1080. The molecule has 0 spiro atoms. The summed E-state index contributed by atoms with van der Waals surface area (Å²) < 4.78 is 27.7. The van der Waals surface area contributed by atoms with E-state index in [1.807, 2.05) is 11.9 Å². The van der Waals surface area contributed by atoms with Gasteiger partial charge in [-0.2, -0.15) is 10.4 Å². The van der Waals surface area contributed by atoms with Crippen LogP contribution in [0.5, 0.6) is 0 Å². The molecule has 1 amide bonds. The number of halogens is 2. The highest BCUT2D eigenvalue weighted by Crippen LogP contribution is 2.37. The standard InChI is InChI=1S/C22H18F2N4O/c1-13-18(17-8-7-16(23)9-19(17)24)10-21-27(2)20(11-22(29)28(21)26-13)15-5-3-14(12-25)4-6-15/h3-9,11,18,21H,10H2,1-2H3. The van der Waals surface area contributed by atoms with E-state index in [1.165, 1.54) is 23.2 Å². The van der Waals surface area contributed by atoms with Crippen LogP contribution in [-0.4, -0.2) is 34.7 Å². The molecule has 2 atom stereocenters. The number of rotatable bonds is 2. The Balaban J connectivity index is 1.70. The van der Waals surface area contributed by atoms with Crippen LogP contribution in [0.15, 0.2) is 53.6 Å². The van der Waals surface area contributed by atoms with Crippen LogP contribution in [0.4, 0.5) is 8.78 Å². The summed E-state index contributed by atoms with van der Waals surface area (Å²) in [5.74, 6) is -1.88. The van der Waals surface area contributed by atoms with Gasteiger partial charge in [-0.3, -0.25) is 4.79 Å². The molecule has 4 rings (SSSR count). The van der Waals surface area contributed by atoms with Crippen molar-refractivity contribution < 1.29 is 13.6 Å². The molecule has 0 aromatic heterocycles. The lowest BCUT2D eigenvalue weighted by Crippen LogP contribution is -2.52. The first-order valence-electron chi connectivity index (χ1n) is 9.17. The zero-order chi connectivity index (χ0) is 20.7. The third-order valence-corrected chi connectivity index (χ3v) is 5.46. The maximum Gasteiger partial charge on any atom is 0.270 e. The molecule has 2 aliphatic rings. The molecule has 2 heterocycles. The maximum absolute atomic E-state index is 14.4. The molecule has 0 N–H and O–H groups in total. The van der Waals surface area contributed by atoms with Gasteiger partial charge in [0.25, 0.3) is 5.91 Å². The van der Waals surface area contributed by atoms with Crippen LogP contribution < -0.4 is 0 Å². The summed E-state index contributed by atoms with van der Waals surface area (Å²) >= 11 is 0. The molecule has 0 bridgehead atoms. The lowest BCUT2D eigenvalue weighted by molar-refractivity contribution is -0.133. The van der Waals surface area contributed by atoms with E-state index in [-0.39, 0.29) is 11.8 Å². The highest BCUT2D eigenvalue weighted by atomic mass is 19.1. The molecule has 0 saturated carbocycles. The number of amides is 1. The van der Waals surface area contributed by atoms with Crippen molar-refractivity contribution in [2.45, 2.75) is 25.4 Å². The summed E-state index contributed by atoms with van der Waals surface area (Å²) in [5, 5.41) is 14.8. The van der Waals surface area contributed by atoms with Gasteiger partial charge in [-0.1, -0.05) is 18.2 Å². The SMILES string of the molecule is CC1=NN2C(=O)C=C(c3ccc(C#N)cc3)N(C)C2CC1c1ccc(F)cc1F. The van der Waals surface area contributed by atoms with Crippen LogP contribution in [0.3, 0.4) is 0 Å². The zero-order valence-electron chi connectivity index (χ0n) is 15.9. The van der Waals surface area contributed by atoms with Crippen molar-refractivity contribution in [1.29, 1.82) is 5.26 Å². The smallest absolute Gasteiger partial charge is 0.270 e. The summed E-state index contributed by atoms with van der Waals surface area (Å²) in [6, 6.07) is 12.6. The Morgan fingerprint density at radius 1 is 1.17 bits per heavy atom. The third kappa shape index (κ3) is 3.27. The van der Waals surface area contributed by atoms with Crippen LogP contribution in [0.25, 0.3) is 5.70 Å². The molecule has 146 valence electrons. The average molecular weight is 392 g/mol. The van der Waals surface area contributed by atoms with Gasteiger partial charge in [-0.25, -0.2) is 13.8 Å². The summed E-state index contributed by atoms with van der Waals surface area (Å²) in [6.45, 7) is 1.75. The van der Waals surface area contributed by atoms with Crippen molar-refractivity contribution >= 4 is 17.3 Å². The molecule has 2 aromatic carbocycles. The second-order valence-electron chi connectivity index (χ2n) is 7.19. The Kier molecular flexibility index (Phi) is 4.63. The summed E-state index contributed by atoms with van der Waals surface area (Å²) in [7, 11) is 1.85. The number of benzene rings is 2. The molecule has 2 unspecified atom stereocenters. The minimum absolute atomic E-state index is 0.259. The fraction of sp³-hybridized carbons (Fsp3) is 0.227. The molecular formula is C22H18F2N4O. The predicted molar refractivity (Wildman–Crippen MR) is 104 cm³/mol. The van der Waals surface area contributed by atoms with E-state index < -0.39 is 17.8 Å². The lowest BCUT2D eigenvalue weighted by atomic mass is 9.87. The van der Waals surface area contributed by atoms with E-state index >= 15 is 0 Å². The molecule has 7 heteroatoms. The van der Waals surface area contributed by atoms with Crippen molar-refractivity contribution in [2.75, 3.05) is 7.05 Å². The second kappa shape index (κ2) is 7.13. The minimum Gasteiger partial charge on any atom is -0.352 e. The highest BCUT2D eigenvalue weighted by molar-refractivity contribution is 5.99. The number of hydrogen-bond acceptors (Lipinski definition) is 4. The van der Waals surface area contributed by atoms with Crippen LogP contribution in [0.1, 0.15) is 36.0 Å². The second-order valence-corrected chi connectivity index (χ2v) is 7.19. The van der Waals surface area contributed by atoms with Crippen LogP contribution in [-0.2, 0) is 4.79 Å². The predicted octanol–water partition coefficient (Wildman–Crippen LogP) is 3.84. The molecule has 0 aliphatic carbocycles. The van der Waals surface area contributed by atoms with Gasteiger partial charge in [0.05, 0.1) is 17.3 Å². The van der Waals surface area contributed by atoms with E-state index in [0.717, 1.165) is 11.6 Å². The van der Waals surface area contributed by atoms with Crippen molar-refractivity contribution in [2.24, 2.45) is 5.10 Å². The summed E-state index contributed by atoms with van der Waals surface area (Å²) in [6.07, 6.45) is 1.53. The van der Waals surface area contributed by atoms with Crippen molar-refractivity contribution in [3.63, 3.8) is 0 Å². The molecule has 2 aliphatic heterocycles. The Hall–Kier alpha value is -3.53. The first kappa shape index (κ1) is 18.8. The van der Waals surface area contributed by atoms with Crippen LogP contribution in [0.2, 0.25) is 0 Å². The third-order valence-electron chi connectivity index (χ3n) is 5.46. The van der Waals surface area contributed by atoms with E-state index in [4.69, 9.17) is 5.26 Å². The number of nitrogens with zero attached hydrogens (tertiary/aromatic N) is 4. The van der Waals surface area contributed by atoms with Gasteiger partial charge in [0, 0.05) is 37.2 Å². The zero-order valence-corrected chi connectivity index (χ0v) is 15.9. The van der Waals surface area contributed by atoms with Crippen molar-refractivity contribution in [3.8, 4) is 6.07 Å². The highest BCUT2D eigenvalue weighted by Gasteiger charge is 2.39. The number of hydrogen-bond donors (Lipinski definition) is 0. The van der Waals surface area contributed by atoms with Gasteiger partial charge >= 0.3 is 0 Å². The first-order valence-corrected chi connectivity index (χ1v) is 9.17. The van der Waals surface area contributed by atoms with Gasteiger partial charge in [0.2, 0.25) is 0 Å². The molecule has 0 saturated heterocycles. The number of fused-ring (bicyclic) bond motifs is 1. The average Bonchev–Trinajstić information content (AvgIpc) is 2.71. The monoisotopic (exact) mass is 392 g/mol. The molecule has 2 aromatic rings.